The van der Waals surface area contributed by atoms with Crippen LogP contribution in [0.1, 0.15) is 0 Å². The number of sulfonamides is 2. The van der Waals surface area contributed by atoms with Gasteiger partial charge >= 0.3 is 0 Å². The van der Waals surface area contributed by atoms with E-state index in [0.29, 0.717) is 0 Å². The minimum absolute atomic E-state index is 0.00185. The van der Waals surface area contributed by atoms with E-state index in [-0.39, 0.29) is 24.5 Å². The summed E-state index contributed by atoms with van der Waals surface area (Å²) in [6.45, 7) is 3.67. The predicted molar refractivity (Wildman–Crippen MR) is 78.2 cm³/mol. The Labute approximate surface area is 120 Å². The number of rotatable bonds is 8. The van der Waals surface area contributed by atoms with Crippen molar-refractivity contribution in [1.82, 2.24) is 9.03 Å². The lowest BCUT2D eigenvalue weighted by atomic mass is 10.4. The lowest BCUT2D eigenvalue weighted by Crippen LogP contribution is -2.38. The topological polar surface area (TPSA) is 83.6 Å². The second kappa shape index (κ2) is 6.98. The average Bonchev–Trinajstić information content (AvgIpc) is 2.37. The van der Waals surface area contributed by atoms with E-state index in [4.69, 9.17) is 0 Å². The summed E-state index contributed by atoms with van der Waals surface area (Å²) < 4.78 is 50.3. The molecule has 0 aliphatic rings. The molecule has 20 heavy (non-hydrogen) atoms. The summed E-state index contributed by atoms with van der Waals surface area (Å²) in [6.07, 6.45) is 2.52. The van der Waals surface area contributed by atoms with Crippen LogP contribution >= 0.6 is 0 Å². The second-order valence-corrected chi connectivity index (χ2v) is 7.87. The molecule has 0 aliphatic heterocycles. The van der Waals surface area contributed by atoms with E-state index < -0.39 is 20.0 Å². The van der Waals surface area contributed by atoms with Crippen LogP contribution in [0.25, 0.3) is 0 Å². The van der Waals surface area contributed by atoms with Crippen molar-refractivity contribution in [1.29, 1.82) is 0 Å². The summed E-state index contributed by atoms with van der Waals surface area (Å²) in [5.74, 6) is 0. The molecule has 0 unspecified atom stereocenters. The smallest absolute Gasteiger partial charge is 0.212 e. The Hall–Kier alpha value is -1.22. The summed E-state index contributed by atoms with van der Waals surface area (Å²) in [7, 11) is -7.00. The highest BCUT2D eigenvalue weighted by Gasteiger charge is 2.17. The molecule has 8 heteroatoms. The Balaban J connectivity index is 2.66. The van der Waals surface area contributed by atoms with Crippen LogP contribution in [0.3, 0.4) is 0 Å². The molecule has 0 atom stereocenters. The highest BCUT2D eigenvalue weighted by atomic mass is 32.2. The molecule has 0 radical (unpaired) electrons. The van der Waals surface area contributed by atoms with Crippen LogP contribution in [0.15, 0.2) is 47.9 Å². The van der Waals surface area contributed by atoms with E-state index in [2.05, 4.69) is 11.3 Å². The number of nitrogens with zero attached hydrogens (tertiary/aromatic N) is 1. The van der Waals surface area contributed by atoms with Crippen LogP contribution in [0, 0.1) is 0 Å². The number of hydrogen-bond acceptors (Lipinski definition) is 4. The summed E-state index contributed by atoms with van der Waals surface area (Å²) in [4.78, 5) is 0.148. The minimum atomic E-state index is -3.61. The standard InChI is InChI=1S/C12H18N2O4S2/c1-3-10-14(19(2,15)16)11-9-13-20(17,18)12-7-5-4-6-8-12/h3-8,13H,1,9-11H2,2H3. The van der Waals surface area contributed by atoms with Crippen molar-refractivity contribution in [2.24, 2.45) is 0 Å². The van der Waals surface area contributed by atoms with Gasteiger partial charge in [0, 0.05) is 19.6 Å². The second-order valence-electron chi connectivity index (χ2n) is 4.12. The number of benzene rings is 1. The molecule has 1 N–H and O–H groups in total. The van der Waals surface area contributed by atoms with Crippen molar-refractivity contribution in [3.63, 3.8) is 0 Å². The summed E-state index contributed by atoms with van der Waals surface area (Å²) in [6, 6.07) is 7.90. The Morgan fingerprint density at radius 2 is 1.80 bits per heavy atom. The van der Waals surface area contributed by atoms with E-state index in [1.807, 2.05) is 0 Å². The summed E-state index contributed by atoms with van der Waals surface area (Å²) in [5, 5.41) is 0. The van der Waals surface area contributed by atoms with Gasteiger partial charge in [0.2, 0.25) is 20.0 Å². The predicted octanol–water partition coefficient (Wildman–Crippen LogP) is 0.412. The SMILES string of the molecule is C=CCN(CCNS(=O)(=O)c1ccccc1)S(C)(=O)=O. The Kier molecular flexibility index (Phi) is 5.88. The first-order valence-electron chi connectivity index (χ1n) is 5.88. The largest absolute Gasteiger partial charge is 0.240 e. The first-order valence-corrected chi connectivity index (χ1v) is 9.21. The first kappa shape index (κ1) is 16.8. The van der Waals surface area contributed by atoms with E-state index in [9.17, 15) is 16.8 Å². The van der Waals surface area contributed by atoms with Crippen molar-refractivity contribution >= 4 is 20.0 Å². The molecule has 0 aromatic heterocycles. The molecule has 6 nitrogen and oxygen atoms in total. The van der Waals surface area contributed by atoms with Gasteiger partial charge in [-0.25, -0.2) is 21.6 Å². The zero-order valence-corrected chi connectivity index (χ0v) is 12.8. The third kappa shape index (κ3) is 5.04. The third-order valence-corrected chi connectivity index (χ3v) is 5.26. The van der Waals surface area contributed by atoms with Gasteiger partial charge in [-0.1, -0.05) is 24.3 Å². The maximum atomic E-state index is 11.9. The van der Waals surface area contributed by atoms with Gasteiger partial charge in [-0.2, -0.15) is 4.31 Å². The van der Waals surface area contributed by atoms with E-state index in [1.165, 1.54) is 18.2 Å². The molecule has 1 rings (SSSR count). The molecule has 0 amide bonds. The summed E-state index contributed by atoms with van der Waals surface area (Å²) in [5.41, 5.74) is 0. The quantitative estimate of drug-likeness (QED) is 0.704. The average molecular weight is 318 g/mol. The van der Waals surface area contributed by atoms with Crippen molar-refractivity contribution in [3.8, 4) is 0 Å². The van der Waals surface area contributed by atoms with Gasteiger partial charge in [0.25, 0.3) is 0 Å². The van der Waals surface area contributed by atoms with Crippen molar-refractivity contribution < 1.29 is 16.8 Å². The molecule has 0 heterocycles. The molecule has 1 aromatic carbocycles. The van der Waals surface area contributed by atoms with Crippen LogP contribution in [0.4, 0.5) is 0 Å². The normalized spacial score (nSPS) is 12.5. The van der Waals surface area contributed by atoms with Crippen LogP contribution in [-0.4, -0.2) is 47.0 Å². The van der Waals surface area contributed by atoms with Gasteiger partial charge in [0.05, 0.1) is 11.2 Å². The highest BCUT2D eigenvalue weighted by Crippen LogP contribution is 2.06. The monoisotopic (exact) mass is 318 g/mol. The minimum Gasteiger partial charge on any atom is -0.212 e. The lowest BCUT2D eigenvalue weighted by molar-refractivity contribution is 0.447. The fourth-order valence-corrected chi connectivity index (χ4v) is 3.37. The number of nitrogens with one attached hydrogen (secondary N) is 1. The fraction of sp³-hybridized carbons (Fsp3) is 0.333. The van der Waals surface area contributed by atoms with Gasteiger partial charge < -0.3 is 0 Å². The van der Waals surface area contributed by atoms with Crippen molar-refractivity contribution in [2.45, 2.75) is 4.90 Å². The molecular formula is C12H18N2O4S2. The maximum Gasteiger partial charge on any atom is 0.240 e. The zero-order chi connectivity index (χ0) is 15.2. The molecular weight excluding hydrogens is 300 g/mol. The van der Waals surface area contributed by atoms with Crippen LogP contribution in [0.2, 0.25) is 0 Å². The van der Waals surface area contributed by atoms with Gasteiger partial charge in [0.1, 0.15) is 0 Å². The Morgan fingerprint density at radius 1 is 1.20 bits per heavy atom. The zero-order valence-electron chi connectivity index (χ0n) is 11.2. The Morgan fingerprint density at radius 3 is 2.30 bits per heavy atom. The van der Waals surface area contributed by atoms with Gasteiger partial charge in [0.15, 0.2) is 0 Å². The van der Waals surface area contributed by atoms with Gasteiger partial charge in [-0.05, 0) is 12.1 Å². The third-order valence-electron chi connectivity index (χ3n) is 2.51. The van der Waals surface area contributed by atoms with E-state index >= 15 is 0 Å². The Bertz CT molecular complexity index is 639. The summed E-state index contributed by atoms with van der Waals surface area (Å²) >= 11 is 0. The molecule has 0 saturated heterocycles. The lowest BCUT2D eigenvalue weighted by Gasteiger charge is -2.18. The molecule has 0 aliphatic carbocycles. The molecule has 0 spiro atoms. The molecule has 0 saturated carbocycles. The molecule has 0 fully saturated rings. The van der Waals surface area contributed by atoms with Crippen LogP contribution < -0.4 is 4.72 Å². The molecule has 0 bridgehead atoms. The first-order chi connectivity index (χ1) is 9.27. The maximum absolute atomic E-state index is 11.9. The molecule has 112 valence electrons. The fourth-order valence-electron chi connectivity index (χ4n) is 1.52. The van der Waals surface area contributed by atoms with Crippen LogP contribution in [-0.2, 0) is 20.0 Å². The van der Waals surface area contributed by atoms with Crippen molar-refractivity contribution in [2.75, 3.05) is 25.9 Å². The number of hydrogen-bond donors (Lipinski definition) is 1. The van der Waals surface area contributed by atoms with E-state index in [0.717, 1.165) is 10.6 Å². The van der Waals surface area contributed by atoms with Crippen molar-refractivity contribution in [3.05, 3.63) is 43.0 Å². The van der Waals surface area contributed by atoms with Gasteiger partial charge in [-0.3, -0.25) is 0 Å². The van der Waals surface area contributed by atoms with Crippen LogP contribution in [0.5, 0.6) is 0 Å². The molecule has 1 aromatic rings. The highest BCUT2D eigenvalue weighted by molar-refractivity contribution is 7.89. The van der Waals surface area contributed by atoms with E-state index in [1.54, 1.807) is 18.2 Å². The van der Waals surface area contributed by atoms with Gasteiger partial charge in [-0.15, -0.1) is 6.58 Å².